The Labute approximate surface area is 163 Å². The van der Waals surface area contributed by atoms with Gasteiger partial charge in [-0.15, -0.1) is 5.10 Å². The van der Waals surface area contributed by atoms with Crippen molar-refractivity contribution in [2.75, 3.05) is 5.32 Å². The second kappa shape index (κ2) is 7.50. The first-order valence-corrected chi connectivity index (χ1v) is 8.87. The second-order valence-electron chi connectivity index (χ2n) is 6.43. The third-order valence-corrected chi connectivity index (χ3v) is 4.49. The molecule has 1 amide bonds. The number of carbonyl (C=O) groups excluding carboxylic acids is 1. The SMILES string of the molecule is Cn1nnnc1-c1cccc(NC(=O)CCn2c(=O)[nH]c(=O)c3ccccc32)c1. The number of para-hydroxylation sites is 1. The van der Waals surface area contributed by atoms with Gasteiger partial charge < -0.3 is 5.32 Å². The number of nitrogens with one attached hydrogen (secondary N) is 2. The minimum absolute atomic E-state index is 0.0612. The minimum atomic E-state index is -0.543. The van der Waals surface area contributed by atoms with E-state index in [0.717, 1.165) is 5.56 Å². The maximum atomic E-state index is 12.4. The number of rotatable bonds is 5. The molecule has 0 bridgehead atoms. The number of hydrogen-bond acceptors (Lipinski definition) is 6. The van der Waals surface area contributed by atoms with Crippen LogP contribution < -0.4 is 16.6 Å². The third-order valence-electron chi connectivity index (χ3n) is 4.49. The summed E-state index contributed by atoms with van der Waals surface area (Å²) >= 11 is 0. The first-order valence-electron chi connectivity index (χ1n) is 8.87. The standard InChI is InChI=1S/C19H17N7O3/c1-25-17(22-23-24-25)12-5-4-6-13(11-12)20-16(27)9-10-26-15-8-3-2-7-14(15)18(28)21-19(26)29/h2-8,11H,9-10H2,1H3,(H,20,27)(H,21,28,29). The zero-order valence-corrected chi connectivity index (χ0v) is 15.5. The van der Waals surface area contributed by atoms with E-state index in [9.17, 15) is 14.4 Å². The van der Waals surface area contributed by atoms with Crippen molar-refractivity contribution in [3.05, 3.63) is 69.4 Å². The molecule has 0 saturated carbocycles. The van der Waals surface area contributed by atoms with E-state index in [4.69, 9.17) is 0 Å². The first-order chi connectivity index (χ1) is 14.0. The Hall–Kier alpha value is -4.08. The van der Waals surface area contributed by atoms with Crippen LogP contribution in [0.1, 0.15) is 6.42 Å². The first kappa shape index (κ1) is 18.3. The number of H-pyrrole nitrogens is 1. The number of nitrogens with zero attached hydrogens (tertiary/aromatic N) is 5. The molecule has 146 valence electrons. The summed E-state index contributed by atoms with van der Waals surface area (Å²) in [4.78, 5) is 38.8. The maximum absolute atomic E-state index is 12.4. The zero-order chi connectivity index (χ0) is 20.4. The van der Waals surface area contributed by atoms with Crippen molar-refractivity contribution in [3.8, 4) is 11.4 Å². The van der Waals surface area contributed by atoms with E-state index in [-0.39, 0.29) is 18.9 Å². The number of tetrazole rings is 1. The summed E-state index contributed by atoms with van der Waals surface area (Å²) in [7, 11) is 1.73. The number of anilines is 1. The molecule has 0 aliphatic heterocycles. The number of amides is 1. The van der Waals surface area contributed by atoms with Crippen molar-refractivity contribution in [2.45, 2.75) is 13.0 Å². The van der Waals surface area contributed by atoms with Gasteiger partial charge in [-0.1, -0.05) is 24.3 Å². The number of aromatic amines is 1. The summed E-state index contributed by atoms with van der Waals surface area (Å²) in [5.74, 6) is 0.313. The van der Waals surface area contributed by atoms with Crippen LogP contribution in [-0.2, 0) is 18.4 Å². The number of carbonyl (C=O) groups is 1. The molecule has 0 atom stereocenters. The molecule has 2 aromatic carbocycles. The molecule has 0 saturated heterocycles. The predicted octanol–water partition coefficient (Wildman–Crippen LogP) is 0.909. The number of aromatic nitrogens is 6. The van der Waals surface area contributed by atoms with Crippen LogP contribution in [0.3, 0.4) is 0 Å². The lowest BCUT2D eigenvalue weighted by molar-refractivity contribution is -0.116. The highest BCUT2D eigenvalue weighted by Crippen LogP contribution is 2.19. The molecular weight excluding hydrogens is 374 g/mol. The van der Waals surface area contributed by atoms with Crippen LogP contribution in [0.25, 0.3) is 22.3 Å². The highest BCUT2D eigenvalue weighted by molar-refractivity contribution is 5.91. The zero-order valence-electron chi connectivity index (χ0n) is 15.5. The van der Waals surface area contributed by atoms with Crippen LogP contribution in [0.15, 0.2) is 58.1 Å². The highest BCUT2D eigenvalue weighted by atomic mass is 16.2. The van der Waals surface area contributed by atoms with Crippen molar-refractivity contribution in [1.29, 1.82) is 0 Å². The monoisotopic (exact) mass is 391 g/mol. The van der Waals surface area contributed by atoms with Crippen molar-refractivity contribution < 1.29 is 4.79 Å². The predicted molar refractivity (Wildman–Crippen MR) is 106 cm³/mol. The van der Waals surface area contributed by atoms with Gasteiger partial charge >= 0.3 is 5.69 Å². The Balaban J connectivity index is 1.51. The molecule has 4 rings (SSSR count). The highest BCUT2D eigenvalue weighted by Gasteiger charge is 2.11. The van der Waals surface area contributed by atoms with Crippen LogP contribution in [-0.4, -0.2) is 35.7 Å². The molecule has 2 heterocycles. The van der Waals surface area contributed by atoms with Gasteiger partial charge in [0, 0.05) is 31.3 Å². The van der Waals surface area contributed by atoms with E-state index in [2.05, 4.69) is 25.8 Å². The van der Waals surface area contributed by atoms with Crippen molar-refractivity contribution in [2.24, 2.45) is 7.05 Å². The summed E-state index contributed by atoms with van der Waals surface area (Å²) in [6.45, 7) is 0.134. The van der Waals surface area contributed by atoms with Gasteiger partial charge in [0.1, 0.15) is 0 Å². The normalized spacial score (nSPS) is 10.9. The fraction of sp³-hybridized carbons (Fsp3) is 0.158. The summed E-state index contributed by atoms with van der Waals surface area (Å²) < 4.78 is 2.92. The molecule has 0 aliphatic rings. The van der Waals surface area contributed by atoms with Crippen LogP contribution in [0.2, 0.25) is 0 Å². The smallest absolute Gasteiger partial charge is 0.326 e. The number of benzene rings is 2. The summed E-state index contributed by atoms with van der Waals surface area (Å²) in [6, 6.07) is 13.9. The van der Waals surface area contributed by atoms with E-state index in [1.165, 1.54) is 9.25 Å². The van der Waals surface area contributed by atoms with Gasteiger partial charge in [0.2, 0.25) is 5.91 Å². The Morgan fingerprint density at radius 1 is 1.14 bits per heavy atom. The van der Waals surface area contributed by atoms with E-state index in [0.29, 0.717) is 22.4 Å². The van der Waals surface area contributed by atoms with E-state index >= 15 is 0 Å². The average molecular weight is 391 g/mol. The van der Waals surface area contributed by atoms with Gasteiger partial charge in [0.25, 0.3) is 5.56 Å². The lowest BCUT2D eigenvalue weighted by atomic mass is 10.2. The molecule has 0 aliphatic carbocycles. The van der Waals surface area contributed by atoms with Gasteiger partial charge in [-0.25, -0.2) is 9.48 Å². The Kier molecular flexibility index (Phi) is 4.73. The van der Waals surface area contributed by atoms with Crippen molar-refractivity contribution in [1.82, 2.24) is 29.8 Å². The maximum Gasteiger partial charge on any atom is 0.328 e. The summed E-state index contributed by atoms with van der Waals surface area (Å²) in [5.41, 5.74) is 0.859. The topological polar surface area (TPSA) is 128 Å². The Morgan fingerprint density at radius 2 is 1.97 bits per heavy atom. The Morgan fingerprint density at radius 3 is 2.76 bits per heavy atom. The molecular formula is C19H17N7O3. The molecule has 10 heteroatoms. The molecule has 29 heavy (non-hydrogen) atoms. The lowest BCUT2D eigenvalue weighted by Crippen LogP contribution is -2.31. The Bertz CT molecular complexity index is 1320. The van der Waals surface area contributed by atoms with Crippen LogP contribution in [0.4, 0.5) is 5.69 Å². The van der Waals surface area contributed by atoms with Gasteiger partial charge in [0.05, 0.1) is 10.9 Å². The molecule has 2 aromatic heterocycles. The minimum Gasteiger partial charge on any atom is -0.326 e. The number of aryl methyl sites for hydroxylation is 2. The van der Waals surface area contributed by atoms with E-state index < -0.39 is 11.2 Å². The van der Waals surface area contributed by atoms with E-state index in [1.807, 2.05) is 6.07 Å². The van der Waals surface area contributed by atoms with Crippen molar-refractivity contribution in [3.63, 3.8) is 0 Å². The van der Waals surface area contributed by atoms with Crippen LogP contribution >= 0.6 is 0 Å². The van der Waals surface area contributed by atoms with Crippen molar-refractivity contribution >= 4 is 22.5 Å². The average Bonchev–Trinajstić information content (AvgIpc) is 3.14. The molecule has 10 nitrogen and oxygen atoms in total. The van der Waals surface area contributed by atoms with Gasteiger partial charge in [-0.05, 0) is 34.7 Å². The second-order valence-corrected chi connectivity index (χ2v) is 6.43. The van der Waals surface area contributed by atoms with E-state index in [1.54, 1.807) is 49.5 Å². The van der Waals surface area contributed by atoms with Gasteiger partial charge in [0.15, 0.2) is 5.82 Å². The van der Waals surface area contributed by atoms with Gasteiger partial charge in [-0.3, -0.25) is 19.1 Å². The molecule has 0 unspecified atom stereocenters. The lowest BCUT2D eigenvalue weighted by Gasteiger charge is -2.10. The fourth-order valence-corrected chi connectivity index (χ4v) is 3.11. The fourth-order valence-electron chi connectivity index (χ4n) is 3.11. The largest absolute Gasteiger partial charge is 0.328 e. The van der Waals surface area contributed by atoms with Crippen LogP contribution in [0.5, 0.6) is 0 Å². The molecule has 0 spiro atoms. The molecule has 4 aromatic rings. The number of hydrogen-bond donors (Lipinski definition) is 2. The van der Waals surface area contributed by atoms with Gasteiger partial charge in [-0.2, -0.15) is 0 Å². The molecule has 0 radical (unpaired) electrons. The third kappa shape index (κ3) is 3.68. The molecule has 0 fully saturated rings. The number of fused-ring (bicyclic) bond motifs is 1. The van der Waals surface area contributed by atoms with Crippen LogP contribution in [0, 0.1) is 0 Å². The summed E-state index contributed by atoms with van der Waals surface area (Å²) in [5, 5.41) is 14.6. The quantitative estimate of drug-likeness (QED) is 0.520. The summed E-state index contributed by atoms with van der Waals surface area (Å²) in [6.07, 6.45) is 0.0612. The molecule has 2 N–H and O–H groups in total.